The Morgan fingerprint density at radius 3 is 2.41 bits per heavy atom. The van der Waals surface area contributed by atoms with Gasteiger partial charge < -0.3 is 10.2 Å². The standard InChI is InChI=1S/C18H20N2O2/c1-3-20(17-10-5-4-6-11-17)13-18(22)19-16-9-7-8-15(12-16)14(2)21/h4-12H,3,13H2,1-2H3,(H,19,22). The fourth-order valence-electron chi connectivity index (χ4n) is 2.21. The van der Waals surface area contributed by atoms with Gasteiger partial charge in [-0.25, -0.2) is 0 Å². The largest absolute Gasteiger partial charge is 0.362 e. The Balaban J connectivity index is 2.03. The second-order valence-corrected chi connectivity index (χ2v) is 5.03. The fourth-order valence-corrected chi connectivity index (χ4v) is 2.21. The average molecular weight is 296 g/mol. The molecule has 4 heteroatoms. The third kappa shape index (κ3) is 4.19. The molecule has 0 saturated heterocycles. The molecule has 0 fully saturated rings. The summed E-state index contributed by atoms with van der Waals surface area (Å²) < 4.78 is 0. The van der Waals surface area contributed by atoms with Crippen molar-refractivity contribution in [3.63, 3.8) is 0 Å². The summed E-state index contributed by atoms with van der Waals surface area (Å²) >= 11 is 0. The number of carbonyl (C=O) groups excluding carboxylic acids is 2. The summed E-state index contributed by atoms with van der Waals surface area (Å²) in [6.07, 6.45) is 0. The summed E-state index contributed by atoms with van der Waals surface area (Å²) in [6, 6.07) is 16.8. The first-order valence-electron chi connectivity index (χ1n) is 7.31. The lowest BCUT2D eigenvalue weighted by Crippen LogP contribution is -2.33. The van der Waals surface area contributed by atoms with Crippen LogP contribution in [0.25, 0.3) is 0 Å². The molecule has 0 unspecified atom stereocenters. The van der Waals surface area contributed by atoms with Gasteiger partial charge in [0.1, 0.15) is 0 Å². The number of benzene rings is 2. The molecule has 2 aromatic rings. The van der Waals surface area contributed by atoms with Crippen LogP contribution in [0.1, 0.15) is 24.2 Å². The zero-order valence-corrected chi connectivity index (χ0v) is 12.9. The van der Waals surface area contributed by atoms with Gasteiger partial charge in [0.2, 0.25) is 5.91 Å². The molecule has 0 aliphatic carbocycles. The van der Waals surface area contributed by atoms with E-state index in [1.54, 1.807) is 24.3 Å². The molecule has 0 aliphatic rings. The minimum absolute atomic E-state index is 0.0180. The summed E-state index contributed by atoms with van der Waals surface area (Å²) in [7, 11) is 0. The molecule has 2 aromatic carbocycles. The third-order valence-electron chi connectivity index (χ3n) is 3.39. The molecule has 0 aromatic heterocycles. The van der Waals surface area contributed by atoms with Crippen molar-refractivity contribution in [2.24, 2.45) is 0 Å². The Morgan fingerprint density at radius 2 is 1.77 bits per heavy atom. The average Bonchev–Trinajstić information content (AvgIpc) is 2.53. The summed E-state index contributed by atoms with van der Waals surface area (Å²) in [4.78, 5) is 25.6. The van der Waals surface area contributed by atoms with Gasteiger partial charge in [-0.15, -0.1) is 0 Å². The predicted octanol–water partition coefficient (Wildman–Crippen LogP) is 3.35. The quantitative estimate of drug-likeness (QED) is 0.832. The Kier molecular flexibility index (Phi) is 5.31. The number of para-hydroxylation sites is 1. The van der Waals surface area contributed by atoms with Crippen molar-refractivity contribution in [3.8, 4) is 0 Å². The number of Topliss-reactive ketones (excluding diaryl/α,β-unsaturated/α-hetero) is 1. The van der Waals surface area contributed by atoms with Crippen LogP contribution in [0.15, 0.2) is 54.6 Å². The van der Waals surface area contributed by atoms with Crippen molar-refractivity contribution in [2.75, 3.05) is 23.3 Å². The van der Waals surface area contributed by atoms with Crippen LogP contribution in [-0.4, -0.2) is 24.8 Å². The molecular formula is C18H20N2O2. The smallest absolute Gasteiger partial charge is 0.243 e. The first-order valence-corrected chi connectivity index (χ1v) is 7.31. The van der Waals surface area contributed by atoms with E-state index in [9.17, 15) is 9.59 Å². The maximum atomic E-state index is 12.2. The Bertz CT molecular complexity index is 653. The maximum Gasteiger partial charge on any atom is 0.243 e. The summed E-state index contributed by atoms with van der Waals surface area (Å²) in [6.45, 7) is 4.53. The minimum atomic E-state index is -0.105. The third-order valence-corrected chi connectivity index (χ3v) is 3.39. The van der Waals surface area contributed by atoms with E-state index in [1.165, 1.54) is 6.92 Å². The number of ketones is 1. The highest BCUT2D eigenvalue weighted by Gasteiger charge is 2.10. The molecule has 0 atom stereocenters. The number of carbonyl (C=O) groups is 2. The lowest BCUT2D eigenvalue weighted by Gasteiger charge is -2.22. The van der Waals surface area contributed by atoms with E-state index >= 15 is 0 Å². The van der Waals surface area contributed by atoms with E-state index in [-0.39, 0.29) is 18.2 Å². The van der Waals surface area contributed by atoms with Crippen molar-refractivity contribution in [3.05, 3.63) is 60.2 Å². The van der Waals surface area contributed by atoms with E-state index in [4.69, 9.17) is 0 Å². The van der Waals surface area contributed by atoms with Crippen LogP contribution in [-0.2, 0) is 4.79 Å². The predicted molar refractivity (Wildman–Crippen MR) is 89.4 cm³/mol. The second kappa shape index (κ2) is 7.41. The highest BCUT2D eigenvalue weighted by atomic mass is 16.2. The maximum absolute atomic E-state index is 12.2. The van der Waals surface area contributed by atoms with E-state index in [0.717, 1.165) is 12.2 Å². The molecule has 0 aliphatic heterocycles. The van der Waals surface area contributed by atoms with Crippen molar-refractivity contribution in [1.29, 1.82) is 0 Å². The van der Waals surface area contributed by atoms with Crippen LogP contribution in [0.3, 0.4) is 0 Å². The number of amides is 1. The van der Waals surface area contributed by atoms with Gasteiger partial charge in [-0.2, -0.15) is 0 Å². The van der Waals surface area contributed by atoms with E-state index in [0.29, 0.717) is 11.3 Å². The lowest BCUT2D eigenvalue weighted by atomic mass is 10.1. The molecule has 1 N–H and O–H groups in total. The molecule has 0 spiro atoms. The van der Waals surface area contributed by atoms with Gasteiger partial charge in [-0.05, 0) is 38.1 Å². The molecule has 22 heavy (non-hydrogen) atoms. The summed E-state index contributed by atoms with van der Waals surface area (Å²) in [5.74, 6) is -0.123. The monoisotopic (exact) mass is 296 g/mol. The van der Waals surface area contributed by atoms with E-state index < -0.39 is 0 Å². The Hall–Kier alpha value is -2.62. The number of nitrogens with zero attached hydrogens (tertiary/aromatic N) is 1. The van der Waals surface area contributed by atoms with Crippen molar-refractivity contribution < 1.29 is 9.59 Å². The lowest BCUT2D eigenvalue weighted by molar-refractivity contribution is -0.115. The van der Waals surface area contributed by atoms with Gasteiger partial charge in [0.05, 0.1) is 6.54 Å². The number of hydrogen-bond donors (Lipinski definition) is 1. The van der Waals surface area contributed by atoms with Crippen molar-refractivity contribution in [2.45, 2.75) is 13.8 Å². The van der Waals surface area contributed by atoms with Crippen LogP contribution in [0.4, 0.5) is 11.4 Å². The Labute approximate surface area is 130 Å². The van der Waals surface area contributed by atoms with Gasteiger partial charge in [0.15, 0.2) is 5.78 Å². The van der Waals surface area contributed by atoms with Gasteiger partial charge >= 0.3 is 0 Å². The molecule has 1 amide bonds. The number of rotatable bonds is 6. The number of anilines is 2. The number of nitrogens with one attached hydrogen (secondary N) is 1. The van der Waals surface area contributed by atoms with Crippen LogP contribution in [0.5, 0.6) is 0 Å². The fraction of sp³-hybridized carbons (Fsp3) is 0.222. The highest BCUT2D eigenvalue weighted by Crippen LogP contribution is 2.14. The molecule has 4 nitrogen and oxygen atoms in total. The Morgan fingerprint density at radius 1 is 1.05 bits per heavy atom. The molecule has 2 rings (SSSR count). The van der Waals surface area contributed by atoms with Gasteiger partial charge in [-0.1, -0.05) is 30.3 Å². The van der Waals surface area contributed by atoms with Gasteiger partial charge in [0.25, 0.3) is 0 Å². The molecular weight excluding hydrogens is 276 g/mol. The van der Waals surface area contributed by atoms with Crippen LogP contribution < -0.4 is 10.2 Å². The van der Waals surface area contributed by atoms with E-state index in [2.05, 4.69) is 5.32 Å². The van der Waals surface area contributed by atoms with Gasteiger partial charge in [0, 0.05) is 23.5 Å². The minimum Gasteiger partial charge on any atom is -0.362 e. The first-order chi connectivity index (χ1) is 10.6. The topological polar surface area (TPSA) is 49.4 Å². The molecule has 0 saturated carbocycles. The van der Waals surface area contributed by atoms with Crippen molar-refractivity contribution >= 4 is 23.1 Å². The normalized spacial score (nSPS) is 10.1. The highest BCUT2D eigenvalue weighted by molar-refractivity contribution is 5.98. The first kappa shape index (κ1) is 15.8. The zero-order valence-electron chi connectivity index (χ0n) is 12.9. The summed E-state index contributed by atoms with van der Waals surface area (Å²) in [5.41, 5.74) is 2.24. The van der Waals surface area contributed by atoms with Crippen LogP contribution in [0, 0.1) is 0 Å². The molecule has 0 radical (unpaired) electrons. The second-order valence-electron chi connectivity index (χ2n) is 5.03. The molecule has 114 valence electrons. The van der Waals surface area contributed by atoms with Crippen LogP contribution >= 0.6 is 0 Å². The SMILES string of the molecule is CCN(CC(=O)Nc1cccc(C(C)=O)c1)c1ccccc1. The van der Waals surface area contributed by atoms with Crippen molar-refractivity contribution in [1.82, 2.24) is 0 Å². The summed E-state index contributed by atoms with van der Waals surface area (Å²) in [5, 5.41) is 2.84. The van der Waals surface area contributed by atoms with E-state index in [1.807, 2.05) is 42.2 Å². The molecule has 0 bridgehead atoms. The zero-order chi connectivity index (χ0) is 15.9. The van der Waals surface area contributed by atoms with Crippen LogP contribution in [0.2, 0.25) is 0 Å². The number of hydrogen-bond acceptors (Lipinski definition) is 3. The molecule has 0 heterocycles. The van der Waals surface area contributed by atoms with Gasteiger partial charge in [-0.3, -0.25) is 9.59 Å². The number of likely N-dealkylation sites (N-methyl/N-ethyl adjacent to an activating group) is 1.